The minimum Gasteiger partial charge on any atom is -0.389 e. The molecule has 6 heteroatoms. The number of rotatable bonds is 2. The van der Waals surface area contributed by atoms with Crippen molar-refractivity contribution < 1.29 is 4.79 Å². The summed E-state index contributed by atoms with van der Waals surface area (Å²) in [5.41, 5.74) is 7.82. The third kappa shape index (κ3) is 2.72. The summed E-state index contributed by atoms with van der Waals surface area (Å²) in [6.07, 6.45) is 4.32. The van der Waals surface area contributed by atoms with Crippen LogP contribution in [-0.4, -0.2) is 35.0 Å². The first kappa shape index (κ1) is 14.3. The molecule has 3 rings (SSSR count). The van der Waals surface area contributed by atoms with E-state index >= 15 is 0 Å². The highest BCUT2D eigenvalue weighted by Gasteiger charge is 2.34. The fourth-order valence-corrected chi connectivity index (χ4v) is 3.64. The molecule has 0 aromatic carbocycles. The number of hydrogen-bond acceptors (Lipinski definition) is 4. The van der Waals surface area contributed by atoms with Gasteiger partial charge in [0, 0.05) is 31.7 Å². The Labute approximate surface area is 129 Å². The number of aryl methyl sites for hydroxylation is 1. The Kier molecular flexibility index (Phi) is 3.80. The number of pyridine rings is 1. The van der Waals surface area contributed by atoms with Crippen molar-refractivity contribution in [3.63, 3.8) is 0 Å². The van der Waals surface area contributed by atoms with Gasteiger partial charge in [0.2, 0.25) is 5.91 Å². The standard InChI is InChI=1S/C15H20N4OS/c1-9-4-6-17-15(13(9)14(16)21)19-7-5-11-10(8-19)2-3-12(20)18-11/h4,6,10-11H,2-3,5,7-8H2,1H3,(H2,16,21)(H,18,20). The Hall–Kier alpha value is -1.69. The Bertz CT molecular complexity index is 589. The average molecular weight is 304 g/mol. The molecule has 0 aliphatic carbocycles. The summed E-state index contributed by atoms with van der Waals surface area (Å²) in [7, 11) is 0. The third-order valence-electron chi connectivity index (χ3n) is 4.51. The maximum atomic E-state index is 11.5. The van der Waals surface area contributed by atoms with Crippen molar-refractivity contribution in [2.24, 2.45) is 11.7 Å². The minimum absolute atomic E-state index is 0.183. The van der Waals surface area contributed by atoms with Crippen LogP contribution in [0, 0.1) is 12.8 Å². The summed E-state index contributed by atoms with van der Waals surface area (Å²) < 4.78 is 0. The van der Waals surface area contributed by atoms with Gasteiger partial charge in [0.15, 0.2) is 0 Å². The maximum absolute atomic E-state index is 11.5. The van der Waals surface area contributed by atoms with Gasteiger partial charge in [-0.25, -0.2) is 4.98 Å². The van der Waals surface area contributed by atoms with E-state index in [1.807, 2.05) is 13.0 Å². The molecule has 1 aromatic heterocycles. The fourth-order valence-electron chi connectivity index (χ4n) is 3.39. The summed E-state index contributed by atoms with van der Waals surface area (Å²) in [6.45, 7) is 3.78. The predicted octanol–water partition coefficient (Wildman–Crippen LogP) is 1.13. The first-order valence-corrected chi connectivity index (χ1v) is 7.77. The average Bonchev–Trinajstić information content (AvgIpc) is 2.46. The number of amides is 1. The zero-order valence-electron chi connectivity index (χ0n) is 12.1. The van der Waals surface area contributed by atoms with Crippen molar-refractivity contribution in [3.05, 3.63) is 23.4 Å². The zero-order valence-corrected chi connectivity index (χ0v) is 12.9. The highest BCUT2D eigenvalue weighted by molar-refractivity contribution is 7.80. The van der Waals surface area contributed by atoms with Crippen LogP contribution in [0.3, 0.4) is 0 Å². The number of carbonyl (C=O) groups is 1. The van der Waals surface area contributed by atoms with Crippen LogP contribution in [0.15, 0.2) is 12.3 Å². The topological polar surface area (TPSA) is 71.2 Å². The van der Waals surface area contributed by atoms with Gasteiger partial charge in [-0.2, -0.15) is 0 Å². The van der Waals surface area contributed by atoms with Gasteiger partial charge >= 0.3 is 0 Å². The number of aromatic nitrogens is 1. The van der Waals surface area contributed by atoms with Crippen LogP contribution in [0.5, 0.6) is 0 Å². The molecule has 1 amide bonds. The number of carbonyl (C=O) groups excluding carboxylic acids is 1. The molecule has 0 spiro atoms. The summed E-state index contributed by atoms with van der Waals surface area (Å²) >= 11 is 5.19. The van der Waals surface area contributed by atoms with Gasteiger partial charge in [-0.1, -0.05) is 12.2 Å². The van der Waals surface area contributed by atoms with Crippen LogP contribution in [0.1, 0.15) is 30.4 Å². The van der Waals surface area contributed by atoms with Crippen molar-refractivity contribution in [2.45, 2.75) is 32.2 Å². The van der Waals surface area contributed by atoms with E-state index in [0.717, 1.165) is 42.9 Å². The molecule has 0 radical (unpaired) electrons. The molecule has 112 valence electrons. The number of piperidine rings is 2. The van der Waals surface area contributed by atoms with Gasteiger partial charge in [0.05, 0.1) is 5.56 Å². The lowest BCUT2D eigenvalue weighted by atomic mass is 9.85. The molecule has 2 atom stereocenters. The molecule has 5 nitrogen and oxygen atoms in total. The lowest BCUT2D eigenvalue weighted by Crippen LogP contribution is -2.54. The van der Waals surface area contributed by atoms with Crippen molar-refractivity contribution >= 4 is 28.9 Å². The van der Waals surface area contributed by atoms with E-state index in [2.05, 4.69) is 15.2 Å². The molecule has 2 aliphatic rings. The Balaban J connectivity index is 1.85. The summed E-state index contributed by atoms with van der Waals surface area (Å²) in [4.78, 5) is 18.7. The van der Waals surface area contributed by atoms with Crippen molar-refractivity contribution in [1.82, 2.24) is 10.3 Å². The maximum Gasteiger partial charge on any atom is 0.220 e. The lowest BCUT2D eigenvalue weighted by Gasteiger charge is -2.42. The number of nitrogens with two attached hydrogens (primary N) is 1. The van der Waals surface area contributed by atoms with Crippen LogP contribution in [0.2, 0.25) is 0 Å². The van der Waals surface area contributed by atoms with E-state index in [-0.39, 0.29) is 5.91 Å². The van der Waals surface area contributed by atoms with Crippen LogP contribution < -0.4 is 16.0 Å². The summed E-state index contributed by atoms with van der Waals surface area (Å²) in [6, 6.07) is 2.24. The fraction of sp³-hybridized carbons (Fsp3) is 0.533. The molecule has 2 saturated heterocycles. The minimum atomic E-state index is 0.183. The molecule has 3 N–H and O–H groups in total. The van der Waals surface area contributed by atoms with Crippen molar-refractivity contribution in [1.29, 1.82) is 0 Å². The molecular formula is C15H20N4OS. The third-order valence-corrected chi connectivity index (χ3v) is 4.71. The Morgan fingerprint density at radius 3 is 3.10 bits per heavy atom. The van der Waals surface area contributed by atoms with Gasteiger partial charge in [0.1, 0.15) is 10.8 Å². The lowest BCUT2D eigenvalue weighted by molar-refractivity contribution is -0.124. The van der Waals surface area contributed by atoms with Crippen molar-refractivity contribution in [3.8, 4) is 0 Å². The largest absolute Gasteiger partial charge is 0.389 e. The summed E-state index contributed by atoms with van der Waals surface area (Å²) in [5, 5.41) is 3.10. The van der Waals surface area contributed by atoms with Crippen LogP contribution in [0.25, 0.3) is 0 Å². The normalized spacial score (nSPS) is 25.2. The van der Waals surface area contributed by atoms with Gasteiger partial charge < -0.3 is 16.0 Å². The van der Waals surface area contributed by atoms with E-state index in [1.165, 1.54) is 0 Å². The molecule has 2 aliphatic heterocycles. The Morgan fingerprint density at radius 2 is 2.33 bits per heavy atom. The molecule has 3 heterocycles. The molecule has 1 aromatic rings. The highest BCUT2D eigenvalue weighted by Crippen LogP contribution is 2.30. The quantitative estimate of drug-likeness (QED) is 0.802. The smallest absolute Gasteiger partial charge is 0.220 e. The van der Waals surface area contributed by atoms with E-state index in [1.54, 1.807) is 6.20 Å². The molecular weight excluding hydrogens is 284 g/mol. The molecule has 21 heavy (non-hydrogen) atoms. The van der Waals surface area contributed by atoms with Gasteiger partial charge in [0.25, 0.3) is 0 Å². The number of nitrogens with one attached hydrogen (secondary N) is 1. The number of fused-ring (bicyclic) bond motifs is 1. The predicted molar refractivity (Wildman–Crippen MR) is 86.3 cm³/mol. The van der Waals surface area contributed by atoms with Gasteiger partial charge in [-0.3, -0.25) is 4.79 Å². The van der Waals surface area contributed by atoms with Gasteiger partial charge in [-0.05, 0) is 37.3 Å². The first-order chi connectivity index (χ1) is 10.1. The molecule has 2 fully saturated rings. The Morgan fingerprint density at radius 1 is 1.52 bits per heavy atom. The number of nitrogens with zero attached hydrogens (tertiary/aromatic N) is 2. The zero-order chi connectivity index (χ0) is 15.0. The highest BCUT2D eigenvalue weighted by atomic mass is 32.1. The SMILES string of the molecule is Cc1ccnc(N2CCC3NC(=O)CCC3C2)c1C(N)=S. The molecule has 0 saturated carbocycles. The monoisotopic (exact) mass is 304 g/mol. The number of anilines is 1. The van der Waals surface area contributed by atoms with Crippen molar-refractivity contribution in [2.75, 3.05) is 18.0 Å². The van der Waals surface area contributed by atoms with E-state index in [9.17, 15) is 4.79 Å². The van der Waals surface area contributed by atoms with Crippen LogP contribution in [-0.2, 0) is 4.79 Å². The van der Waals surface area contributed by atoms with Crippen LogP contribution in [0.4, 0.5) is 5.82 Å². The van der Waals surface area contributed by atoms with E-state index in [0.29, 0.717) is 23.4 Å². The second-order valence-electron chi connectivity index (χ2n) is 5.90. The number of hydrogen-bond donors (Lipinski definition) is 2. The molecule has 2 unspecified atom stereocenters. The van der Waals surface area contributed by atoms with E-state index in [4.69, 9.17) is 18.0 Å². The molecule has 0 bridgehead atoms. The van der Waals surface area contributed by atoms with Gasteiger partial charge in [-0.15, -0.1) is 0 Å². The number of thiocarbonyl (C=S) groups is 1. The second-order valence-corrected chi connectivity index (χ2v) is 6.34. The first-order valence-electron chi connectivity index (χ1n) is 7.36. The second kappa shape index (κ2) is 5.60. The van der Waals surface area contributed by atoms with Crippen LogP contribution >= 0.6 is 12.2 Å². The van der Waals surface area contributed by atoms with E-state index < -0.39 is 0 Å². The summed E-state index contributed by atoms with van der Waals surface area (Å²) in [5.74, 6) is 1.55.